The minimum atomic E-state index is -4.45. The summed E-state index contributed by atoms with van der Waals surface area (Å²) >= 11 is 1.37. The summed E-state index contributed by atoms with van der Waals surface area (Å²) in [5.74, 6) is 2.04. The molecule has 0 unspecified atom stereocenters. The van der Waals surface area contributed by atoms with Gasteiger partial charge in [0.1, 0.15) is 5.75 Å². The molecule has 9 heteroatoms. The minimum absolute atomic E-state index is 0.304. The lowest BCUT2D eigenvalue weighted by atomic mass is 10.2. The van der Waals surface area contributed by atoms with E-state index in [0.717, 1.165) is 23.4 Å². The van der Waals surface area contributed by atoms with Crippen molar-refractivity contribution in [2.24, 2.45) is 0 Å². The topological polar surface area (TPSA) is 53.1 Å². The zero-order valence-electron chi connectivity index (χ0n) is 15.8. The van der Waals surface area contributed by atoms with Crippen molar-refractivity contribution < 1.29 is 22.3 Å². The van der Waals surface area contributed by atoms with Crippen molar-refractivity contribution in [2.45, 2.75) is 17.1 Å². The van der Waals surface area contributed by atoms with E-state index in [0.29, 0.717) is 28.2 Å². The second-order valence-electron chi connectivity index (χ2n) is 6.30. The molecule has 0 aliphatic heterocycles. The Morgan fingerprint density at radius 3 is 2.50 bits per heavy atom. The van der Waals surface area contributed by atoms with E-state index >= 15 is 0 Å². The lowest BCUT2D eigenvalue weighted by Gasteiger charge is -2.12. The zero-order chi connectivity index (χ0) is 21.1. The van der Waals surface area contributed by atoms with Gasteiger partial charge in [0.2, 0.25) is 5.82 Å². The first-order valence-electron chi connectivity index (χ1n) is 8.88. The average molecular weight is 431 g/mol. The predicted octanol–water partition coefficient (Wildman–Crippen LogP) is 5.85. The number of thioether (sulfide) groups is 1. The minimum Gasteiger partial charge on any atom is -0.497 e. The van der Waals surface area contributed by atoms with Gasteiger partial charge in [-0.2, -0.15) is 13.2 Å². The number of alkyl halides is 3. The summed E-state index contributed by atoms with van der Waals surface area (Å²) in [5.41, 5.74) is 0.572. The Hall–Kier alpha value is -3.20. The molecule has 0 radical (unpaired) electrons. The molecule has 0 aliphatic carbocycles. The Bertz CT molecular complexity index is 1120. The lowest BCUT2D eigenvalue weighted by molar-refractivity contribution is -0.137. The van der Waals surface area contributed by atoms with Crippen molar-refractivity contribution in [1.29, 1.82) is 0 Å². The molecule has 0 fully saturated rings. The molecule has 5 nitrogen and oxygen atoms in total. The summed E-state index contributed by atoms with van der Waals surface area (Å²) in [4.78, 5) is 0. The van der Waals surface area contributed by atoms with Crippen LogP contribution in [-0.2, 0) is 11.9 Å². The first-order valence-corrected chi connectivity index (χ1v) is 9.87. The van der Waals surface area contributed by atoms with Crippen molar-refractivity contribution in [1.82, 2.24) is 14.8 Å². The highest BCUT2D eigenvalue weighted by molar-refractivity contribution is 7.98. The quantitative estimate of drug-likeness (QED) is 0.359. The number of nitrogens with zero attached hydrogens (tertiary/aromatic N) is 3. The van der Waals surface area contributed by atoms with Crippen LogP contribution in [0.25, 0.3) is 17.3 Å². The molecule has 154 valence electrons. The van der Waals surface area contributed by atoms with E-state index < -0.39 is 11.7 Å². The van der Waals surface area contributed by atoms with Gasteiger partial charge in [0, 0.05) is 5.75 Å². The Balaban J connectivity index is 1.71. The third kappa shape index (κ3) is 4.20. The molecule has 2 aromatic heterocycles. The molecule has 0 N–H and O–H groups in total. The van der Waals surface area contributed by atoms with Crippen LogP contribution in [0.5, 0.6) is 5.75 Å². The number of halogens is 3. The highest BCUT2D eigenvalue weighted by atomic mass is 32.2. The fourth-order valence-corrected chi connectivity index (χ4v) is 3.76. The van der Waals surface area contributed by atoms with Crippen molar-refractivity contribution >= 4 is 11.8 Å². The predicted molar refractivity (Wildman–Crippen MR) is 107 cm³/mol. The van der Waals surface area contributed by atoms with E-state index in [9.17, 15) is 13.2 Å². The molecule has 0 amide bonds. The van der Waals surface area contributed by atoms with Gasteiger partial charge < -0.3 is 9.15 Å². The van der Waals surface area contributed by atoms with Gasteiger partial charge in [-0.15, -0.1) is 10.2 Å². The number of rotatable bonds is 6. The Labute approximate surface area is 174 Å². The first-order chi connectivity index (χ1) is 14.5. The van der Waals surface area contributed by atoms with Crippen molar-refractivity contribution in [3.05, 3.63) is 78.1 Å². The number of hydrogen-bond donors (Lipinski definition) is 0. The van der Waals surface area contributed by atoms with Gasteiger partial charge in [0.05, 0.1) is 24.6 Å². The van der Waals surface area contributed by atoms with Gasteiger partial charge in [-0.25, -0.2) is 0 Å². The highest BCUT2D eigenvalue weighted by Crippen LogP contribution is 2.34. The fraction of sp³-hybridized carbons (Fsp3) is 0.143. The number of ether oxygens (including phenoxy) is 1. The SMILES string of the molecule is COc1ccc(CSc2nnc(-c3ccco3)n2-c2cccc(C(F)(F)F)c2)cc1. The van der Waals surface area contributed by atoms with Gasteiger partial charge in [-0.3, -0.25) is 4.57 Å². The molecule has 0 spiro atoms. The van der Waals surface area contributed by atoms with Gasteiger partial charge in [0.15, 0.2) is 10.9 Å². The zero-order valence-corrected chi connectivity index (χ0v) is 16.6. The Morgan fingerprint density at radius 2 is 1.83 bits per heavy atom. The van der Waals surface area contributed by atoms with E-state index in [1.807, 2.05) is 24.3 Å². The maximum absolute atomic E-state index is 13.2. The van der Waals surface area contributed by atoms with Crippen LogP contribution in [0.3, 0.4) is 0 Å². The van der Waals surface area contributed by atoms with Crippen LogP contribution in [0.1, 0.15) is 11.1 Å². The summed E-state index contributed by atoms with van der Waals surface area (Å²) in [6.45, 7) is 0. The smallest absolute Gasteiger partial charge is 0.416 e. The second-order valence-corrected chi connectivity index (χ2v) is 7.25. The van der Waals surface area contributed by atoms with Crippen molar-refractivity contribution in [2.75, 3.05) is 7.11 Å². The number of hydrogen-bond acceptors (Lipinski definition) is 5. The number of benzene rings is 2. The Morgan fingerprint density at radius 1 is 1.03 bits per heavy atom. The van der Waals surface area contributed by atoms with Crippen LogP contribution in [0.2, 0.25) is 0 Å². The summed E-state index contributed by atoms with van der Waals surface area (Å²) in [7, 11) is 1.59. The molecule has 0 aliphatic rings. The first kappa shape index (κ1) is 20.1. The van der Waals surface area contributed by atoms with E-state index in [-0.39, 0.29) is 0 Å². The second kappa shape index (κ2) is 8.27. The molecular weight excluding hydrogens is 415 g/mol. The summed E-state index contributed by atoms with van der Waals surface area (Å²) in [6.07, 6.45) is -2.98. The van der Waals surface area contributed by atoms with Crippen LogP contribution in [0, 0.1) is 0 Å². The van der Waals surface area contributed by atoms with Crippen molar-refractivity contribution in [3.63, 3.8) is 0 Å². The summed E-state index contributed by atoms with van der Waals surface area (Å²) in [5, 5.41) is 8.82. The molecule has 2 heterocycles. The molecule has 30 heavy (non-hydrogen) atoms. The van der Waals surface area contributed by atoms with Gasteiger partial charge in [-0.05, 0) is 48.0 Å². The molecule has 0 saturated heterocycles. The molecule has 4 rings (SSSR count). The maximum Gasteiger partial charge on any atom is 0.416 e. The Kier molecular flexibility index (Phi) is 5.54. The van der Waals surface area contributed by atoms with Crippen LogP contribution >= 0.6 is 11.8 Å². The van der Waals surface area contributed by atoms with Gasteiger partial charge in [-0.1, -0.05) is 30.0 Å². The molecule has 0 atom stereocenters. The van der Waals surface area contributed by atoms with E-state index in [4.69, 9.17) is 9.15 Å². The van der Waals surface area contributed by atoms with E-state index in [2.05, 4.69) is 10.2 Å². The summed E-state index contributed by atoms with van der Waals surface area (Å²) < 4.78 is 51.9. The monoisotopic (exact) mass is 431 g/mol. The van der Waals surface area contributed by atoms with Crippen LogP contribution < -0.4 is 4.74 Å². The van der Waals surface area contributed by atoms with Crippen LogP contribution in [0.4, 0.5) is 13.2 Å². The third-order valence-electron chi connectivity index (χ3n) is 4.33. The molecule has 2 aromatic carbocycles. The van der Waals surface area contributed by atoms with Gasteiger partial charge in [0.25, 0.3) is 0 Å². The van der Waals surface area contributed by atoms with Crippen molar-refractivity contribution in [3.8, 4) is 23.0 Å². The van der Waals surface area contributed by atoms with Crippen LogP contribution in [0.15, 0.2) is 76.5 Å². The fourth-order valence-electron chi connectivity index (χ4n) is 2.85. The molecule has 4 aromatic rings. The largest absolute Gasteiger partial charge is 0.497 e. The molecular formula is C21H16F3N3O2S. The van der Waals surface area contributed by atoms with E-state index in [1.54, 1.807) is 29.9 Å². The molecule has 0 saturated carbocycles. The standard InChI is InChI=1S/C21H16F3N3O2S/c1-28-17-9-7-14(8-10-17)13-30-20-26-25-19(18-6-3-11-29-18)27(20)16-5-2-4-15(12-16)21(22,23)24/h2-12H,13H2,1H3. The van der Waals surface area contributed by atoms with Crippen LogP contribution in [-0.4, -0.2) is 21.9 Å². The van der Waals surface area contributed by atoms with E-state index in [1.165, 1.54) is 24.1 Å². The summed E-state index contributed by atoms with van der Waals surface area (Å²) in [6, 6.07) is 16.0. The average Bonchev–Trinajstić information content (AvgIpc) is 3.42. The third-order valence-corrected chi connectivity index (χ3v) is 5.33. The number of methoxy groups -OCH3 is 1. The molecule has 0 bridgehead atoms. The maximum atomic E-state index is 13.2. The van der Waals surface area contributed by atoms with Gasteiger partial charge >= 0.3 is 6.18 Å². The number of furan rings is 1. The number of aromatic nitrogens is 3. The highest BCUT2D eigenvalue weighted by Gasteiger charge is 2.31. The lowest BCUT2D eigenvalue weighted by Crippen LogP contribution is -2.07. The normalized spacial score (nSPS) is 11.6.